The zero-order chi connectivity index (χ0) is 11.4. The van der Waals surface area contributed by atoms with Crippen LogP contribution in [0.5, 0.6) is 0 Å². The maximum absolute atomic E-state index is 3.46. The summed E-state index contributed by atoms with van der Waals surface area (Å²) in [6.45, 7) is 6.91. The Balaban J connectivity index is 0.00000144. The molecule has 2 aliphatic rings. The molecule has 0 radical (unpaired) electrons. The molecule has 3 N–H and O–H groups in total. The molecule has 1 aliphatic heterocycles. The smallest absolute Gasteiger partial charge is 0.0171 e. The van der Waals surface area contributed by atoms with Crippen molar-refractivity contribution in [1.82, 2.24) is 10.2 Å². The van der Waals surface area contributed by atoms with Crippen molar-refractivity contribution >= 4 is 0 Å². The van der Waals surface area contributed by atoms with Crippen molar-refractivity contribution in [3.05, 3.63) is 23.3 Å². The number of nitrogens with zero attached hydrogens (tertiary/aromatic N) is 1. The third-order valence-corrected chi connectivity index (χ3v) is 3.82. The van der Waals surface area contributed by atoms with Crippen LogP contribution in [-0.4, -0.2) is 43.6 Å². The molecule has 0 amide bonds. The largest absolute Gasteiger partial charge is 0.412 e. The normalized spacial score (nSPS) is 22.9. The minimum atomic E-state index is 0. The molecular weight excluding hydrogens is 212 g/mol. The van der Waals surface area contributed by atoms with E-state index in [9.17, 15) is 0 Å². The van der Waals surface area contributed by atoms with Crippen molar-refractivity contribution < 1.29 is 5.48 Å². The zero-order valence-electron chi connectivity index (χ0n) is 11.1. The van der Waals surface area contributed by atoms with Crippen molar-refractivity contribution in [2.75, 3.05) is 33.2 Å². The van der Waals surface area contributed by atoms with Crippen LogP contribution in [0.15, 0.2) is 23.3 Å². The summed E-state index contributed by atoms with van der Waals surface area (Å²) in [6.07, 6.45) is 8.70. The lowest BCUT2D eigenvalue weighted by molar-refractivity contribution is 0.347. The van der Waals surface area contributed by atoms with Gasteiger partial charge in [0.25, 0.3) is 0 Å². The molecule has 0 spiro atoms. The van der Waals surface area contributed by atoms with E-state index in [-0.39, 0.29) is 5.48 Å². The maximum Gasteiger partial charge on any atom is 0.0171 e. The summed E-state index contributed by atoms with van der Waals surface area (Å²) in [7, 11) is 2.20. The maximum atomic E-state index is 3.46. The van der Waals surface area contributed by atoms with Gasteiger partial charge in [-0.15, -0.1) is 0 Å². The van der Waals surface area contributed by atoms with Crippen LogP contribution in [0.2, 0.25) is 0 Å². The van der Waals surface area contributed by atoms with Crippen LogP contribution in [0.25, 0.3) is 0 Å². The van der Waals surface area contributed by atoms with Crippen LogP contribution in [-0.2, 0) is 0 Å². The molecule has 3 nitrogen and oxygen atoms in total. The molecule has 1 aliphatic carbocycles. The van der Waals surface area contributed by atoms with Gasteiger partial charge in [-0.3, -0.25) is 0 Å². The Bertz CT molecular complexity index is 297. The van der Waals surface area contributed by atoms with Gasteiger partial charge in [-0.25, -0.2) is 0 Å². The van der Waals surface area contributed by atoms with Gasteiger partial charge < -0.3 is 15.7 Å². The molecule has 17 heavy (non-hydrogen) atoms. The first-order valence-corrected chi connectivity index (χ1v) is 6.58. The number of nitrogens with one attached hydrogen (secondary N) is 1. The van der Waals surface area contributed by atoms with Gasteiger partial charge in [-0.1, -0.05) is 30.2 Å². The van der Waals surface area contributed by atoms with Crippen molar-refractivity contribution in [2.24, 2.45) is 5.92 Å². The van der Waals surface area contributed by atoms with E-state index in [1.165, 1.54) is 32.4 Å². The summed E-state index contributed by atoms with van der Waals surface area (Å²) in [5, 5.41) is 3.46. The van der Waals surface area contributed by atoms with Crippen LogP contribution in [0, 0.1) is 5.92 Å². The number of fused-ring (bicyclic) bond motifs is 1. The van der Waals surface area contributed by atoms with Crippen LogP contribution in [0.1, 0.15) is 26.2 Å². The van der Waals surface area contributed by atoms with Gasteiger partial charge >= 0.3 is 0 Å². The lowest BCUT2D eigenvalue weighted by Gasteiger charge is -2.17. The average molecular weight is 238 g/mol. The molecule has 98 valence electrons. The molecule has 1 unspecified atom stereocenters. The highest BCUT2D eigenvalue weighted by Crippen LogP contribution is 2.28. The third-order valence-electron chi connectivity index (χ3n) is 3.82. The number of hydrogen-bond acceptors (Lipinski definition) is 2. The van der Waals surface area contributed by atoms with Crippen molar-refractivity contribution in [3.63, 3.8) is 0 Å². The summed E-state index contributed by atoms with van der Waals surface area (Å²) < 4.78 is 0. The highest BCUT2D eigenvalue weighted by molar-refractivity contribution is 5.32. The Morgan fingerprint density at radius 3 is 3.06 bits per heavy atom. The molecule has 1 saturated heterocycles. The Kier molecular flexibility index (Phi) is 5.89. The molecule has 1 atom stereocenters. The predicted octanol–water partition coefficient (Wildman–Crippen LogP) is 1.37. The van der Waals surface area contributed by atoms with Gasteiger partial charge in [0.05, 0.1) is 0 Å². The topological polar surface area (TPSA) is 46.8 Å². The Morgan fingerprint density at radius 1 is 1.47 bits per heavy atom. The van der Waals surface area contributed by atoms with Gasteiger partial charge in [0.2, 0.25) is 0 Å². The first-order valence-electron chi connectivity index (χ1n) is 6.58. The molecule has 0 aromatic carbocycles. The lowest BCUT2D eigenvalue weighted by Crippen LogP contribution is -2.18. The molecule has 2 rings (SSSR count). The Hall–Kier alpha value is -0.640. The monoisotopic (exact) mass is 238 g/mol. The second kappa shape index (κ2) is 6.94. The minimum Gasteiger partial charge on any atom is -0.412 e. The fourth-order valence-electron chi connectivity index (χ4n) is 2.55. The van der Waals surface area contributed by atoms with Crippen molar-refractivity contribution in [1.29, 1.82) is 0 Å². The predicted molar refractivity (Wildman–Crippen MR) is 73.2 cm³/mol. The first-order chi connectivity index (χ1) is 7.79. The number of allylic oxidation sites excluding steroid dienone is 3. The molecule has 0 bridgehead atoms. The molecule has 1 fully saturated rings. The van der Waals surface area contributed by atoms with Gasteiger partial charge in [-0.2, -0.15) is 0 Å². The van der Waals surface area contributed by atoms with Crippen LogP contribution in [0.3, 0.4) is 0 Å². The van der Waals surface area contributed by atoms with Crippen molar-refractivity contribution in [2.45, 2.75) is 26.2 Å². The van der Waals surface area contributed by atoms with Gasteiger partial charge in [-0.05, 0) is 45.3 Å². The van der Waals surface area contributed by atoms with E-state index in [0.717, 1.165) is 19.0 Å². The third kappa shape index (κ3) is 3.95. The molecule has 0 saturated carbocycles. The fraction of sp³-hybridized carbons (Fsp3) is 0.714. The van der Waals surface area contributed by atoms with E-state index in [2.05, 4.69) is 36.3 Å². The SMILES string of the molecule is CCN(C)CCCC1=CCC2CNCC2=C1.O. The van der Waals surface area contributed by atoms with Crippen LogP contribution >= 0.6 is 0 Å². The van der Waals surface area contributed by atoms with E-state index in [4.69, 9.17) is 0 Å². The number of rotatable bonds is 5. The molecule has 1 heterocycles. The second-order valence-electron chi connectivity index (χ2n) is 5.06. The quantitative estimate of drug-likeness (QED) is 0.786. The molecule has 0 aromatic heterocycles. The Morgan fingerprint density at radius 2 is 2.29 bits per heavy atom. The summed E-state index contributed by atoms with van der Waals surface area (Å²) in [5.74, 6) is 0.807. The van der Waals surface area contributed by atoms with E-state index >= 15 is 0 Å². The van der Waals surface area contributed by atoms with E-state index in [0.29, 0.717) is 0 Å². The number of hydrogen-bond donors (Lipinski definition) is 1. The van der Waals surface area contributed by atoms with Crippen LogP contribution < -0.4 is 5.32 Å². The fourth-order valence-corrected chi connectivity index (χ4v) is 2.55. The summed E-state index contributed by atoms with van der Waals surface area (Å²) in [6, 6.07) is 0. The van der Waals surface area contributed by atoms with E-state index in [1.54, 1.807) is 11.1 Å². The summed E-state index contributed by atoms with van der Waals surface area (Å²) in [4.78, 5) is 2.39. The highest BCUT2D eigenvalue weighted by atomic mass is 16.0. The second-order valence-corrected chi connectivity index (χ2v) is 5.06. The van der Waals surface area contributed by atoms with Gasteiger partial charge in [0.1, 0.15) is 0 Å². The van der Waals surface area contributed by atoms with Gasteiger partial charge in [0, 0.05) is 13.1 Å². The van der Waals surface area contributed by atoms with Gasteiger partial charge in [0.15, 0.2) is 0 Å². The standard InChI is InChI=1S/C14H24N2.H2O/c1-3-16(2)8-4-5-12-6-7-13-10-15-11-14(13)9-12;/h6,9,13,15H,3-5,7-8,10-11H2,1-2H3;1H2. The molecule has 3 heteroatoms. The summed E-state index contributed by atoms with van der Waals surface area (Å²) in [5.41, 5.74) is 3.21. The van der Waals surface area contributed by atoms with E-state index in [1.807, 2.05) is 0 Å². The molecule has 0 aromatic rings. The highest BCUT2D eigenvalue weighted by Gasteiger charge is 2.22. The van der Waals surface area contributed by atoms with E-state index < -0.39 is 0 Å². The first kappa shape index (κ1) is 14.4. The summed E-state index contributed by atoms with van der Waals surface area (Å²) >= 11 is 0. The van der Waals surface area contributed by atoms with Crippen LogP contribution in [0.4, 0.5) is 0 Å². The minimum absolute atomic E-state index is 0. The lowest BCUT2D eigenvalue weighted by atomic mass is 9.89. The average Bonchev–Trinajstić information content (AvgIpc) is 2.76. The Labute approximate surface area is 105 Å². The molecular formula is C14H26N2O. The van der Waals surface area contributed by atoms with Crippen molar-refractivity contribution in [3.8, 4) is 0 Å². The zero-order valence-corrected chi connectivity index (χ0v) is 11.1.